The number of rotatable bonds is 6. The number of hydrogen-bond acceptors (Lipinski definition) is 5. The van der Waals surface area contributed by atoms with Crippen LogP contribution in [-0.2, 0) is 10.3 Å². The van der Waals surface area contributed by atoms with Crippen LogP contribution in [0.5, 0.6) is 11.5 Å². The van der Waals surface area contributed by atoms with E-state index in [4.69, 9.17) is 4.74 Å². The molecule has 8 heteroatoms. The van der Waals surface area contributed by atoms with Gasteiger partial charge in [0.2, 0.25) is 5.91 Å². The normalized spacial score (nSPS) is 22.8. The molecule has 2 aliphatic heterocycles. The molecule has 0 radical (unpaired) electrons. The van der Waals surface area contributed by atoms with Crippen LogP contribution in [0.25, 0.3) is 0 Å². The lowest BCUT2D eigenvalue weighted by Crippen LogP contribution is -2.47. The van der Waals surface area contributed by atoms with Gasteiger partial charge < -0.3 is 15.0 Å². The van der Waals surface area contributed by atoms with Crippen molar-refractivity contribution in [1.82, 2.24) is 20.4 Å². The molecular formula is C29H32N4O4. The minimum atomic E-state index is -0.594. The standard InChI is InChI=1S/C29H32N4O4/c1-17(2)23-12-13-29(21-8-6-5-7-9-21)16-22(28(36)33(23)29)30-26(34)20-10-11-24(18(3)14-20)37-25-15-19(4)31-32-27(25)35/h5-11,14-15,17,22-23H,12-13,16H2,1-4H3,(H,30,34)(H,32,35)/t22-,23+,29+/m1/s1. The second kappa shape index (κ2) is 9.50. The second-order valence-electron chi connectivity index (χ2n) is 10.5. The molecule has 2 saturated heterocycles. The third-order valence-electron chi connectivity index (χ3n) is 7.66. The molecule has 0 aliphatic carbocycles. The molecule has 3 heterocycles. The average Bonchev–Trinajstić information content (AvgIpc) is 3.39. The number of benzene rings is 2. The van der Waals surface area contributed by atoms with Gasteiger partial charge in [-0.25, -0.2) is 5.10 Å². The first-order valence-corrected chi connectivity index (χ1v) is 12.7. The van der Waals surface area contributed by atoms with Crippen molar-refractivity contribution in [3.05, 3.63) is 87.3 Å². The SMILES string of the molecule is Cc1cc(Oc2ccc(C(=O)N[C@@H]3C[C@]4(c5ccccc5)CC[C@@H](C(C)C)N4C3=O)cc2C)c(=O)[nH]n1. The molecule has 37 heavy (non-hydrogen) atoms. The Morgan fingerprint density at radius 2 is 1.86 bits per heavy atom. The molecule has 0 unspecified atom stereocenters. The number of nitrogens with zero attached hydrogens (tertiary/aromatic N) is 2. The van der Waals surface area contributed by atoms with Gasteiger partial charge in [0.1, 0.15) is 11.8 Å². The van der Waals surface area contributed by atoms with Gasteiger partial charge >= 0.3 is 5.56 Å². The molecule has 2 amide bonds. The number of ether oxygens (including phenoxy) is 1. The van der Waals surface area contributed by atoms with Gasteiger partial charge in [0.15, 0.2) is 5.75 Å². The zero-order valence-electron chi connectivity index (χ0n) is 21.6. The minimum absolute atomic E-state index is 0.0163. The molecule has 0 spiro atoms. The number of aryl methyl sites for hydroxylation is 2. The van der Waals surface area contributed by atoms with Gasteiger partial charge in [-0.2, -0.15) is 5.10 Å². The number of amides is 2. The Labute approximate surface area is 216 Å². The molecule has 5 rings (SSSR count). The lowest BCUT2D eigenvalue weighted by molar-refractivity contribution is -0.134. The van der Waals surface area contributed by atoms with E-state index in [1.165, 1.54) is 0 Å². The number of aromatic nitrogens is 2. The van der Waals surface area contributed by atoms with Gasteiger partial charge in [0.25, 0.3) is 5.91 Å². The summed E-state index contributed by atoms with van der Waals surface area (Å²) in [5, 5.41) is 9.25. The summed E-state index contributed by atoms with van der Waals surface area (Å²) in [6, 6.07) is 16.3. The van der Waals surface area contributed by atoms with E-state index in [0.29, 0.717) is 34.9 Å². The van der Waals surface area contributed by atoms with E-state index in [9.17, 15) is 14.4 Å². The van der Waals surface area contributed by atoms with Crippen molar-refractivity contribution in [3.8, 4) is 11.5 Å². The molecule has 8 nitrogen and oxygen atoms in total. The first-order chi connectivity index (χ1) is 17.7. The third kappa shape index (κ3) is 4.41. The number of hydrogen-bond donors (Lipinski definition) is 2. The Morgan fingerprint density at radius 1 is 1.11 bits per heavy atom. The summed E-state index contributed by atoms with van der Waals surface area (Å²) in [5.41, 5.74) is 2.05. The first kappa shape index (κ1) is 24.7. The maximum Gasteiger partial charge on any atom is 0.307 e. The van der Waals surface area contributed by atoms with E-state index < -0.39 is 17.1 Å². The number of aromatic amines is 1. The monoisotopic (exact) mass is 500 g/mol. The van der Waals surface area contributed by atoms with Gasteiger partial charge in [-0.3, -0.25) is 14.4 Å². The van der Waals surface area contributed by atoms with Crippen LogP contribution in [0.4, 0.5) is 0 Å². The van der Waals surface area contributed by atoms with Crippen LogP contribution in [0.3, 0.4) is 0 Å². The van der Waals surface area contributed by atoms with Crippen molar-refractivity contribution in [2.24, 2.45) is 5.92 Å². The molecule has 3 atom stereocenters. The van der Waals surface area contributed by atoms with Crippen LogP contribution in [0.2, 0.25) is 0 Å². The highest BCUT2D eigenvalue weighted by atomic mass is 16.5. The Bertz CT molecular complexity index is 1400. The van der Waals surface area contributed by atoms with E-state index in [0.717, 1.165) is 18.4 Å². The van der Waals surface area contributed by atoms with Crippen LogP contribution in [0.1, 0.15) is 60.3 Å². The zero-order chi connectivity index (χ0) is 26.3. The molecule has 2 aliphatic rings. The van der Waals surface area contributed by atoms with Crippen molar-refractivity contribution in [2.75, 3.05) is 0 Å². The average molecular weight is 501 g/mol. The highest BCUT2D eigenvalue weighted by Gasteiger charge is 2.58. The molecular weight excluding hydrogens is 468 g/mol. The number of carbonyl (C=O) groups is 2. The molecule has 2 fully saturated rings. The van der Waals surface area contributed by atoms with E-state index in [1.807, 2.05) is 30.0 Å². The summed E-state index contributed by atoms with van der Waals surface area (Å²) < 4.78 is 5.78. The number of carbonyl (C=O) groups excluding carboxylic acids is 2. The predicted octanol–water partition coefficient (Wildman–Crippen LogP) is 4.22. The summed E-state index contributed by atoms with van der Waals surface area (Å²) in [6.07, 6.45) is 2.39. The van der Waals surface area contributed by atoms with Crippen molar-refractivity contribution in [1.29, 1.82) is 0 Å². The Kier molecular flexibility index (Phi) is 6.35. The Balaban J connectivity index is 1.36. The topological polar surface area (TPSA) is 104 Å². The van der Waals surface area contributed by atoms with E-state index in [2.05, 4.69) is 41.5 Å². The predicted molar refractivity (Wildman–Crippen MR) is 140 cm³/mol. The summed E-state index contributed by atoms with van der Waals surface area (Å²) in [5.74, 6) is 0.605. The smallest absolute Gasteiger partial charge is 0.307 e. The summed E-state index contributed by atoms with van der Waals surface area (Å²) >= 11 is 0. The lowest BCUT2D eigenvalue weighted by atomic mass is 9.85. The fraction of sp³-hybridized carbons (Fsp3) is 0.379. The van der Waals surface area contributed by atoms with Crippen LogP contribution in [0, 0.1) is 19.8 Å². The second-order valence-corrected chi connectivity index (χ2v) is 10.5. The Hall–Kier alpha value is -3.94. The molecule has 2 aromatic carbocycles. The van der Waals surface area contributed by atoms with E-state index >= 15 is 0 Å². The van der Waals surface area contributed by atoms with Crippen molar-refractivity contribution < 1.29 is 14.3 Å². The lowest BCUT2D eigenvalue weighted by Gasteiger charge is -2.36. The maximum absolute atomic E-state index is 13.7. The molecule has 1 aromatic heterocycles. The van der Waals surface area contributed by atoms with Gasteiger partial charge in [0, 0.05) is 24.1 Å². The minimum Gasteiger partial charge on any atom is -0.451 e. The highest BCUT2D eigenvalue weighted by molar-refractivity contribution is 5.99. The van der Waals surface area contributed by atoms with Crippen molar-refractivity contribution >= 4 is 11.8 Å². The van der Waals surface area contributed by atoms with Crippen molar-refractivity contribution in [2.45, 2.75) is 64.6 Å². The molecule has 3 aromatic rings. The molecule has 0 saturated carbocycles. The largest absolute Gasteiger partial charge is 0.451 e. The van der Waals surface area contributed by atoms with Crippen LogP contribution in [0.15, 0.2) is 59.4 Å². The van der Waals surface area contributed by atoms with Crippen molar-refractivity contribution in [3.63, 3.8) is 0 Å². The van der Waals surface area contributed by atoms with Crippen LogP contribution in [-0.4, -0.2) is 39.0 Å². The quantitative estimate of drug-likeness (QED) is 0.527. The molecule has 2 N–H and O–H groups in total. The Morgan fingerprint density at radius 3 is 2.57 bits per heavy atom. The van der Waals surface area contributed by atoms with Crippen LogP contribution < -0.4 is 15.6 Å². The van der Waals surface area contributed by atoms with E-state index in [1.54, 1.807) is 31.2 Å². The summed E-state index contributed by atoms with van der Waals surface area (Å²) in [7, 11) is 0. The summed E-state index contributed by atoms with van der Waals surface area (Å²) in [4.78, 5) is 41.0. The number of H-pyrrole nitrogens is 1. The summed E-state index contributed by atoms with van der Waals surface area (Å²) in [6.45, 7) is 7.86. The maximum atomic E-state index is 13.7. The third-order valence-corrected chi connectivity index (χ3v) is 7.66. The fourth-order valence-corrected chi connectivity index (χ4v) is 5.84. The van der Waals surface area contributed by atoms with Crippen LogP contribution >= 0.6 is 0 Å². The van der Waals surface area contributed by atoms with Gasteiger partial charge in [-0.15, -0.1) is 0 Å². The number of nitrogens with one attached hydrogen (secondary N) is 2. The highest BCUT2D eigenvalue weighted by Crippen LogP contribution is 2.51. The number of fused-ring (bicyclic) bond motifs is 1. The molecule has 192 valence electrons. The fourth-order valence-electron chi connectivity index (χ4n) is 5.84. The van der Waals surface area contributed by atoms with Gasteiger partial charge in [0.05, 0.1) is 11.2 Å². The zero-order valence-corrected chi connectivity index (χ0v) is 21.6. The van der Waals surface area contributed by atoms with Gasteiger partial charge in [-0.05, 0) is 61.9 Å². The van der Waals surface area contributed by atoms with E-state index in [-0.39, 0.29) is 23.6 Å². The van der Waals surface area contributed by atoms with Gasteiger partial charge in [-0.1, -0.05) is 44.2 Å². The molecule has 0 bridgehead atoms. The first-order valence-electron chi connectivity index (χ1n) is 12.7.